The number of alkyl halides is 3. The molecule has 0 aliphatic rings. The molecule has 3 aromatic rings. The number of nitrogens with zero attached hydrogens (tertiary/aromatic N) is 2. The van der Waals surface area contributed by atoms with Crippen molar-refractivity contribution >= 4 is 17.0 Å². The fourth-order valence-electron chi connectivity index (χ4n) is 2.74. The van der Waals surface area contributed by atoms with E-state index in [0.717, 1.165) is 21.3 Å². The highest BCUT2D eigenvalue weighted by atomic mass is 19.4. The second kappa shape index (κ2) is 6.82. The summed E-state index contributed by atoms with van der Waals surface area (Å²) in [5, 5.41) is 0. The Morgan fingerprint density at radius 1 is 1.15 bits per heavy atom. The number of hydrogen-bond donors (Lipinski definition) is 0. The number of para-hydroxylation sites is 2. The molecule has 0 amide bonds. The van der Waals surface area contributed by atoms with Crippen LogP contribution in [-0.4, -0.2) is 15.5 Å². The van der Waals surface area contributed by atoms with Crippen LogP contribution >= 0.6 is 0 Å². The maximum atomic E-state index is 13.2. The Hall–Kier alpha value is -2.83. The molecule has 3 rings (SSSR count). The lowest BCUT2D eigenvalue weighted by Gasteiger charge is -2.12. The average molecular weight is 362 g/mol. The number of benzene rings is 2. The van der Waals surface area contributed by atoms with E-state index >= 15 is 0 Å². The van der Waals surface area contributed by atoms with Gasteiger partial charge in [0, 0.05) is 0 Å². The minimum atomic E-state index is -4.66. The summed E-state index contributed by atoms with van der Waals surface area (Å²) in [4.78, 5) is 15.8. The number of rotatable bonds is 4. The predicted octanol–water partition coefficient (Wildman–Crippen LogP) is 4.42. The summed E-state index contributed by atoms with van der Waals surface area (Å²) in [6, 6.07) is 11.9. The number of aryl methyl sites for hydroxylation is 2. The topological polar surface area (TPSA) is 44.1 Å². The summed E-state index contributed by atoms with van der Waals surface area (Å²) in [6.07, 6.45) is -4.66. The molecule has 26 heavy (non-hydrogen) atoms. The molecule has 0 atom stereocenters. The number of imidazole rings is 1. The molecular formula is C19H17F3N2O2. The summed E-state index contributed by atoms with van der Waals surface area (Å²) < 4.78 is 45.8. The first-order valence-electron chi connectivity index (χ1n) is 8.00. The number of carbonyl (C=O) groups excluding carboxylic acids is 1. The molecule has 0 radical (unpaired) electrons. The predicted molar refractivity (Wildman–Crippen MR) is 90.4 cm³/mol. The van der Waals surface area contributed by atoms with Gasteiger partial charge in [0.25, 0.3) is 0 Å². The van der Waals surface area contributed by atoms with Gasteiger partial charge in [-0.1, -0.05) is 35.9 Å². The number of halogens is 3. The first kappa shape index (κ1) is 18.0. The number of esters is 1. The highest BCUT2D eigenvalue weighted by molar-refractivity contribution is 5.79. The van der Waals surface area contributed by atoms with Gasteiger partial charge in [-0.2, -0.15) is 13.2 Å². The molecule has 7 heteroatoms. The Labute approximate surface area is 148 Å². The van der Waals surface area contributed by atoms with Crippen LogP contribution in [0.2, 0.25) is 0 Å². The zero-order chi connectivity index (χ0) is 18.9. The van der Waals surface area contributed by atoms with Gasteiger partial charge < -0.3 is 9.30 Å². The minimum absolute atomic E-state index is 0.0142. The third kappa shape index (κ3) is 3.71. The quantitative estimate of drug-likeness (QED) is 0.646. The van der Waals surface area contributed by atoms with Crippen molar-refractivity contribution in [1.29, 1.82) is 0 Å². The van der Waals surface area contributed by atoms with Gasteiger partial charge in [0.1, 0.15) is 13.2 Å². The Morgan fingerprint density at radius 3 is 2.62 bits per heavy atom. The lowest BCUT2D eigenvalue weighted by atomic mass is 10.1. The van der Waals surface area contributed by atoms with Crippen LogP contribution < -0.4 is 0 Å². The van der Waals surface area contributed by atoms with E-state index in [9.17, 15) is 18.0 Å². The largest absolute Gasteiger partial charge is 0.459 e. The lowest BCUT2D eigenvalue weighted by Crippen LogP contribution is -2.20. The minimum Gasteiger partial charge on any atom is -0.459 e. The maximum Gasteiger partial charge on any atom is 0.449 e. The van der Waals surface area contributed by atoms with Gasteiger partial charge in [-0.3, -0.25) is 4.79 Å². The van der Waals surface area contributed by atoms with Crippen molar-refractivity contribution < 1.29 is 22.7 Å². The average Bonchev–Trinajstić information content (AvgIpc) is 2.95. The van der Waals surface area contributed by atoms with Crippen molar-refractivity contribution in [1.82, 2.24) is 9.55 Å². The van der Waals surface area contributed by atoms with Crippen molar-refractivity contribution in [2.45, 2.75) is 33.2 Å². The highest BCUT2D eigenvalue weighted by Crippen LogP contribution is 2.31. The first-order chi connectivity index (χ1) is 12.3. The third-order valence-electron chi connectivity index (χ3n) is 4.09. The van der Waals surface area contributed by atoms with Gasteiger partial charge in [-0.15, -0.1) is 0 Å². The van der Waals surface area contributed by atoms with Crippen LogP contribution in [0.5, 0.6) is 0 Å². The van der Waals surface area contributed by atoms with E-state index in [2.05, 4.69) is 4.98 Å². The van der Waals surface area contributed by atoms with E-state index in [1.54, 1.807) is 12.1 Å². The van der Waals surface area contributed by atoms with Crippen molar-refractivity contribution in [3.63, 3.8) is 0 Å². The molecule has 0 saturated heterocycles. The Morgan fingerprint density at radius 2 is 1.88 bits per heavy atom. The fourth-order valence-corrected chi connectivity index (χ4v) is 2.74. The molecule has 1 aromatic heterocycles. The number of fused-ring (bicyclic) bond motifs is 1. The second-order valence-corrected chi connectivity index (χ2v) is 6.10. The van der Waals surface area contributed by atoms with Gasteiger partial charge in [-0.25, -0.2) is 4.98 Å². The Kier molecular flexibility index (Phi) is 4.71. The van der Waals surface area contributed by atoms with Crippen molar-refractivity contribution in [3.05, 3.63) is 65.0 Å². The monoisotopic (exact) mass is 362 g/mol. The van der Waals surface area contributed by atoms with E-state index in [1.807, 2.05) is 32.0 Å². The Balaban J connectivity index is 1.82. The summed E-state index contributed by atoms with van der Waals surface area (Å²) in [5.41, 5.74) is 3.21. The van der Waals surface area contributed by atoms with E-state index in [0.29, 0.717) is 0 Å². The van der Waals surface area contributed by atoms with E-state index in [1.165, 1.54) is 12.1 Å². The number of ether oxygens (including phenoxy) is 1. The highest BCUT2D eigenvalue weighted by Gasteiger charge is 2.38. The molecule has 2 aromatic carbocycles. The molecule has 0 bridgehead atoms. The standard InChI is InChI=1S/C19H17F3N2O2/c1-12-7-8-13(2)14(9-12)11-26-17(25)10-24-16-6-4-3-5-15(16)23-18(24)19(20,21)22/h3-9H,10-11H2,1-2H3. The zero-order valence-corrected chi connectivity index (χ0v) is 14.3. The molecule has 0 N–H and O–H groups in total. The molecule has 0 unspecified atom stereocenters. The van der Waals surface area contributed by atoms with Crippen molar-refractivity contribution in [2.75, 3.05) is 0 Å². The summed E-state index contributed by atoms with van der Waals surface area (Å²) in [5.74, 6) is -1.86. The van der Waals surface area contributed by atoms with Crippen LogP contribution in [0.25, 0.3) is 11.0 Å². The van der Waals surface area contributed by atoms with E-state index in [-0.39, 0.29) is 17.6 Å². The molecule has 1 heterocycles. The van der Waals surface area contributed by atoms with Gasteiger partial charge >= 0.3 is 12.1 Å². The van der Waals surface area contributed by atoms with Gasteiger partial charge in [0.15, 0.2) is 0 Å². The molecule has 0 aliphatic heterocycles. The Bertz CT molecular complexity index is 961. The number of aromatic nitrogens is 2. The number of hydrogen-bond acceptors (Lipinski definition) is 3. The molecule has 0 fully saturated rings. The van der Waals surface area contributed by atoms with E-state index in [4.69, 9.17) is 4.74 Å². The fraction of sp³-hybridized carbons (Fsp3) is 0.263. The second-order valence-electron chi connectivity index (χ2n) is 6.10. The summed E-state index contributed by atoms with van der Waals surface area (Å²) >= 11 is 0. The van der Waals surface area contributed by atoms with Gasteiger partial charge in [0.05, 0.1) is 11.0 Å². The van der Waals surface area contributed by atoms with E-state index < -0.39 is 24.5 Å². The third-order valence-corrected chi connectivity index (χ3v) is 4.09. The van der Waals surface area contributed by atoms with Crippen LogP contribution in [0.15, 0.2) is 42.5 Å². The van der Waals surface area contributed by atoms with Crippen LogP contribution in [0.1, 0.15) is 22.5 Å². The molecule has 0 saturated carbocycles. The van der Waals surface area contributed by atoms with Crippen LogP contribution in [-0.2, 0) is 28.9 Å². The SMILES string of the molecule is Cc1ccc(C)c(COC(=O)Cn2c(C(F)(F)F)nc3ccccc32)c1. The summed E-state index contributed by atoms with van der Waals surface area (Å²) in [7, 11) is 0. The molecular weight excluding hydrogens is 345 g/mol. The molecule has 0 aliphatic carbocycles. The lowest BCUT2D eigenvalue weighted by molar-refractivity contribution is -0.151. The van der Waals surface area contributed by atoms with Crippen molar-refractivity contribution in [3.8, 4) is 0 Å². The maximum absolute atomic E-state index is 13.2. The number of carbonyl (C=O) groups is 1. The first-order valence-corrected chi connectivity index (χ1v) is 8.00. The summed E-state index contributed by atoms with van der Waals surface area (Å²) in [6.45, 7) is 3.26. The van der Waals surface area contributed by atoms with Gasteiger partial charge in [0.2, 0.25) is 5.82 Å². The normalized spacial score (nSPS) is 11.7. The smallest absolute Gasteiger partial charge is 0.449 e. The van der Waals surface area contributed by atoms with Crippen LogP contribution in [0, 0.1) is 13.8 Å². The molecule has 4 nitrogen and oxygen atoms in total. The van der Waals surface area contributed by atoms with Crippen LogP contribution in [0.4, 0.5) is 13.2 Å². The van der Waals surface area contributed by atoms with Gasteiger partial charge in [-0.05, 0) is 37.1 Å². The van der Waals surface area contributed by atoms with Crippen LogP contribution in [0.3, 0.4) is 0 Å². The zero-order valence-electron chi connectivity index (χ0n) is 14.3. The van der Waals surface area contributed by atoms with Crippen molar-refractivity contribution in [2.24, 2.45) is 0 Å². The molecule has 0 spiro atoms. The molecule has 136 valence electrons.